The lowest BCUT2D eigenvalue weighted by atomic mass is 9.98. The Labute approximate surface area is 117 Å². The summed E-state index contributed by atoms with van der Waals surface area (Å²) >= 11 is 25.0. The van der Waals surface area contributed by atoms with Gasteiger partial charge in [-0.25, -0.2) is 0 Å². The van der Waals surface area contributed by atoms with Crippen molar-refractivity contribution in [2.24, 2.45) is 0 Å². The van der Waals surface area contributed by atoms with E-state index in [1.165, 1.54) is 0 Å². The van der Waals surface area contributed by atoms with Crippen molar-refractivity contribution in [1.82, 2.24) is 0 Å². The molecular weight excluding hydrogens is 286 g/mol. The summed E-state index contributed by atoms with van der Waals surface area (Å²) in [5, 5.41) is 0. The molecule has 1 aromatic carbocycles. The molecule has 0 radical (unpaired) electrons. The highest BCUT2D eigenvalue weighted by Crippen LogP contribution is 2.46. The number of rotatable bonds is 4. The lowest BCUT2D eigenvalue weighted by Crippen LogP contribution is -2.18. The first-order valence-corrected chi connectivity index (χ1v) is 6.72. The number of benzene rings is 1. The van der Waals surface area contributed by atoms with Crippen molar-refractivity contribution >= 4 is 46.4 Å². The van der Waals surface area contributed by atoms with Gasteiger partial charge in [-0.1, -0.05) is 84.5 Å². The molecule has 0 N–H and O–H groups in total. The zero-order chi connectivity index (χ0) is 12.4. The Bertz CT molecular complexity index is 323. The topological polar surface area (TPSA) is 0 Å². The van der Waals surface area contributed by atoms with Crippen LogP contribution in [0.1, 0.15) is 37.8 Å². The predicted octanol–water partition coefficient (Wildman–Crippen LogP) is 5.77. The van der Waals surface area contributed by atoms with Crippen molar-refractivity contribution in [3.05, 3.63) is 35.4 Å². The van der Waals surface area contributed by atoms with Crippen LogP contribution in [0.4, 0.5) is 0 Å². The second-order valence-corrected chi connectivity index (χ2v) is 6.63. The van der Waals surface area contributed by atoms with Crippen LogP contribution in [0.5, 0.6) is 0 Å². The van der Waals surface area contributed by atoms with Crippen LogP contribution in [0.25, 0.3) is 0 Å². The minimum absolute atomic E-state index is 0.598. The number of hydrogen-bond donors (Lipinski definition) is 0. The molecule has 0 unspecified atom stereocenters. The van der Waals surface area contributed by atoms with Crippen LogP contribution in [0, 0.1) is 0 Å². The van der Waals surface area contributed by atoms with Crippen molar-refractivity contribution < 1.29 is 0 Å². The van der Waals surface area contributed by atoms with E-state index in [9.17, 15) is 0 Å². The fourth-order valence-corrected chi connectivity index (χ4v) is 2.16. The summed E-state index contributed by atoms with van der Waals surface area (Å²) in [6.07, 6.45) is 1.20. The van der Waals surface area contributed by atoms with Crippen LogP contribution in [0.3, 0.4) is 0 Å². The van der Waals surface area contributed by atoms with E-state index in [0.717, 1.165) is 11.1 Å². The van der Waals surface area contributed by atoms with E-state index in [1.54, 1.807) is 0 Å². The average Bonchev–Trinajstić information content (AvgIpc) is 2.29. The summed E-state index contributed by atoms with van der Waals surface area (Å²) in [6.45, 7) is 3.85. The third kappa shape index (κ3) is 2.98. The molecule has 0 aliphatic rings. The minimum atomic E-state index is -0.944. The quantitative estimate of drug-likeness (QED) is 0.619. The fourth-order valence-electron chi connectivity index (χ4n) is 1.50. The number of alkyl halides is 4. The van der Waals surface area contributed by atoms with Gasteiger partial charge in [-0.2, -0.15) is 0 Å². The Morgan fingerprint density at radius 3 is 1.38 bits per heavy atom. The van der Waals surface area contributed by atoms with Crippen LogP contribution in [-0.2, 0) is 8.67 Å². The Balaban J connectivity index is 3.31. The summed E-state index contributed by atoms with van der Waals surface area (Å²) in [5.74, 6) is 0. The maximum absolute atomic E-state index is 6.26. The van der Waals surface area contributed by atoms with E-state index in [0.29, 0.717) is 12.8 Å². The molecule has 90 valence electrons. The second-order valence-electron chi connectivity index (χ2n) is 3.66. The molecule has 0 heterocycles. The Morgan fingerprint density at radius 1 is 0.812 bits per heavy atom. The monoisotopic (exact) mass is 298 g/mol. The molecule has 1 aromatic rings. The molecule has 0 aromatic heterocycles. The molecule has 0 amide bonds. The molecule has 1 rings (SSSR count). The fraction of sp³-hybridized carbons (Fsp3) is 0.500. The summed E-state index contributed by atoms with van der Waals surface area (Å²) in [5.41, 5.74) is 1.57. The van der Waals surface area contributed by atoms with Gasteiger partial charge in [0.15, 0.2) is 0 Å². The lowest BCUT2D eigenvalue weighted by molar-refractivity contribution is 0.743. The van der Waals surface area contributed by atoms with E-state index >= 15 is 0 Å². The SMILES string of the molecule is CCC(Cl)(Cl)c1ccccc1C(Cl)(Cl)CC. The van der Waals surface area contributed by atoms with E-state index in [1.807, 2.05) is 38.1 Å². The molecular formula is C12H14Cl4. The largest absolute Gasteiger partial charge is 0.143 e. The van der Waals surface area contributed by atoms with Crippen molar-refractivity contribution in [1.29, 1.82) is 0 Å². The molecule has 0 saturated carbocycles. The summed E-state index contributed by atoms with van der Waals surface area (Å²) in [4.78, 5) is 0. The van der Waals surface area contributed by atoms with Gasteiger partial charge >= 0.3 is 0 Å². The van der Waals surface area contributed by atoms with Crippen LogP contribution >= 0.6 is 46.4 Å². The van der Waals surface area contributed by atoms with Crippen molar-refractivity contribution in [2.75, 3.05) is 0 Å². The van der Waals surface area contributed by atoms with Gasteiger partial charge in [0.25, 0.3) is 0 Å². The maximum Gasteiger partial charge on any atom is 0.143 e. The molecule has 0 fully saturated rings. The van der Waals surface area contributed by atoms with Gasteiger partial charge in [0.05, 0.1) is 0 Å². The Kier molecular flexibility index (Phi) is 4.83. The summed E-state index contributed by atoms with van der Waals surface area (Å²) < 4.78 is -1.89. The lowest BCUT2D eigenvalue weighted by Gasteiger charge is -2.27. The zero-order valence-electron chi connectivity index (χ0n) is 9.24. The third-order valence-electron chi connectivity index (χ3n) is 2.60. The summed E-state index contributed by atoms with van der Waals surface area (Å²) in [6, 6.07) is 7.50. The molecule has 0 bridgehead atoms. The highest BCUT2D eigenvalue weighted by molar-refractivity contribution is 6.50. The molecule has 0 aliphatic carbocycles. The highest BCUT2D eigenvalue weighted by atomic mass is 35.5. The van der Waals surface area contributed by atoms with Gasteiger partial charge in [0.1, 0.15) is 8.67 Å². The van der Waals surface area contributed by atoms with Crippen LogP contribution in [0.2, 0.25) is 0 Å². The highest BCUT2D eigenvalue weighted by Gasteiger charge is 2.34. The number of halogens is 4. The van der Waals surface area contributed by atoms with Gasteiger partial charge in [0, 0.05) is 0 Å². The van der Waals surface area contributed by atoms with E-state index in [2.05, 4.69) is 0 Å². The predicted molar refractivity (Wildman–Crippen MR) is 73.8 cm³/mol. The minimum Gasteiger partial charge on any atom is -0.0963 e. The van der Waals surface area contributed by atoms with E-state index in [-0.39, 0.29) is 0 Å². The maximum atomic E-state index is 6.26. The smallest absolute Gasteiger partial charge is 0.0963 e. The standard InChI is InChI=1S/C12H14Cl4/c1-3-11(13,14)9-7-5-6-8-10(9)12(15,16)4-2/h5-8H,3-4H2,1-2H3. The average molecular weight is 300 g/mol. The normalized spacial score (nSPS) is 12.9. The van der Waals surface area contributed by atoms with E-state index in [4.69, 9.17) is 46.4 Å². The third-order valence-corrected chi connectivity index (χ3v) is 4.49. The van der Waals surface area contributed by atoms with Gasteiger partial charge in [-0.05, 0) is 24.0 Å². The Hall–Kier alpha value is 0.380. The summed E-state index contributed by atoms with van der Waals surface area (Å²) in [7, 11) is 0. The van der Waals surface area contributed by atoms with Crippen LogP contribution in [0.15, 0.2) is 24.3 Å². The Morgan fingerprint density at radius 2 is 1.12 bits per heavy atom. The van der Waals surface area contributed by atoms with Gasteiger partial charge < -0.3 is 0 Å². The van der Waals surface area contributed by atoms with Gasteiger partial charge in [-0.15, -0.1) is 0 Å². The molecule has 0 saturated heterocycles. The zero-order valence-corrected chi connectivity index (χ0v) is 12.3. The van der Waals surface area contributed by atoms with Crippen molar-refractivity contribution in [3.63, 3.8) is 0 Å². The number of hydrogen-bond acceptors (Lipinski definition) is 0. The van der Waals surface area contributed by atoms with Gasteiger partial charge in [0.2, 0.25) is 0 Å². The molecule has 0 atom stereocenters. The van der Waals surface area contributed by atoms with Crippen LogP contribution < -0.4 is 0 Å². The first kappa shape index (κ1) is 14.4. The van der Waals surface area contributed by atoms with Crippen molar-refractivity contribution in [2.45, 2.75) is 35.4 Å². The molecule has 0 spiro atoms. The first-order chi connectivity index (χ1) is 7.35. The van der Waals surface area contributed by atoms with Crippen LogP contribution in [-0.4, -0.2) is 0 Å². The second kappa shape index (κ2) is 5.35. The molecule has 4 heteroatoms. The van der Waals surface area contributed by atoms with Crippen molar-refractivity contribution in [3.8, 4) is 0 Å². The molecule has 16 heavy (non-hydrogen) atoms. The van der Waals surface area contributed by atoms with Gasteiger partial charge in [-0.3, -0.25) is 0 Å². The molecule has 0 aliphatic heterocycles. The first-order valence-electron chi connectivity index (χ1n) is 5.20. The molecule has 0 nitrogen and oxygen atoms in total. The van der Waals surface area contributed by atoms with E-state index < -0.39 is 8.67 Å².